The first-order valence-corrected chi connectivity index (χ1v) is 6.79. The topological polar surface area (TPSA) is 46.4 Å². The van der Waals surface area contributed by atoms with E-state index in [1.807, 2.05) is 53.2 Å². The number of aromatic nitrogens is 2. The maximum absolute atomic E-state index is 10.5. The first kappa shape index (κ1) is 12.2. The van der Waals surface area contributed by atoms with Crippen molar-refractivity contribution in [2.75, 3.05) is 5.32 Å². The summed E-state index contributed by atoms with van der Waals surface area (Å²) < 4.78 is 3.15. The molecule has 94 valence electrons. The number of rotatable bonds is 3. The highest BCUT2D eigenvalue weighted by Gasteiger charge is 2.05. The number of carbonyl (C=O) groups excluding carboxylic acids is 1. The lowest BCUT2D eigenvalue weighted by Gasteiger charge is -2.00. The maximum atomic E-state index is 10.5. The van der Waals surface area contributed by atoms with Crippen LogP contribution in [0.5, 0.6) is 0 Å². The molecule has 2 aromatic heterocycles. The van der Waals surface area contributed by atoms with E-state index >= 15 is 0 Å². The largest absolute Gasteiger partial charge is 0.329 e. The predicted molar refractivity (Wildman–Crippen MR) is 83.0 cm³/mol. The molecule has 0 unspecified atom stereocenters. The van der Waals surface area contributed by atoms with Gasteiger partial charge < -0.3 is 9.72 Å². The van der Waals surface area contributed by atoms with Crippen molar-refractivity contribution in [2.45, 2.75) is 0 Å². The summed E-state index contributed by atoms with van der Waals surface area (Å²) >= 11 is 2.27. The number of fused-ring (bicyclic) bond motifs is 1. The molecule has 0 aliphatic heterocycles. The summed E-state index contributed by atoms with van der Waals surface area (Å²) in [4.78, 5) is 15.0. The number of amides is 1. The van der Waals surface area contributed by atoms with E-state index in [4.69, 9.17) is 0 Å². The molecule has 0 saturated carbocycles. The molecule has 2 heterocycles. The highest BCUT2D eigenvalue weighted by Crippen LogP contribution is 2.22. The third-order valence-electron chi connectivity index (χ3n) is 2.80. The van der Waals surface area contributed by atoms with Crippen molar-refractivity contribution in [1.82, 2.24) is 9.38 Å². The van der Waals surface area contributed by atoms with Crippen LogP contribution in [-0.2, 0) is 4.79 Å². The second kappa shape index (κ2) is 5.00. The molecule has 0 aliphatic rings. The van der Waals surface area contributed by atoms with Crippen molar-refractivity contribution >= 4 is 40.3 Å². The van der Waals surface area contributed by atoms with Crippen molar-refractivity contribution in [3.8, 4) is 11.3 Å². The fourth-order valence-electron chi connectivity index (χ4n) is 1.94. The van der Waals surface area contributed by atoms with E-state index in [0.29, 0.717) is 6.41 Å². The van der Waals surface area contributed by atoms with Gasteiger partial charge in [-0.2, -0.15) is 0 Å². The Kier molecular flexibility index (Phi) is 3.20. The minimum Gasteiger partial charge on any atom is -0.329 e. The monoisotopic (exact) mass is 363 g/mol. The van der Waals surface area contributed by atoms with Gasteiger partial charge in [0.15, 0.2) is 0 Å². The number of hydrogen-bond acceptors (Lipinski definition) is 2. The molecule has 1 aromatic carbocycles. The van der Waals surface area contributed by atoms with Crippen LogP contribution in [0.3, 0.4) is 0 Å². The number of hydrogen-bond donors (Lipinski definition) is 1. The molecule has 0 radical (unpaired) electrons. The van der Waals surface area contributed by atoms with Crippen LogP contribution in [0.25, 0.3) is 16.9 Å². The number of halogens is 1. The molecular weight excluding hydrogens is 353 g/mol. The van der Waals surface area contributed by atoms with Crippen LogP contribution in [-0.4, -0.2) is 15.8 Å². The minimum atomic E-state index is 0.672. The maximum Gasteiger partial charge on any atom is 0.211 e. The van der Waals surface area contributed by atoms with Crippen LogP contribution in [0.1, 0.15) is 0 Å². The van der Waals surface area contributed by atoms with Gasteiger partial charge in [-0.05, 0) is 46.9 Å². The zero-order valence-corrected chi connectivity index (χ0v) is 12.0. The van der Waals surface area contributed by atoms with Crippen molar-refractivity contribution < 1.29 is 4.79 Å². The van der Waals surface area contributed by atoms with Gasteiger partial charge in [-0.15, -0.1) is 0 Å². The highest BCUT2D eigenvalue weighted by molar-refractivity contribution is 14.1. The molecule has 1 amide bonds. The Bertz CT molecular complexity index is 751. The second-order valence-corrected chi connectivity index (χ2v) is 5.33. The lowest BCUT2D eigenvalue weighted by molar-refractivity contribution is -0.105. The van der Waals surface area contributed by atoms with Crippen LogP contribution < -0.4 is 5.32 Å². The lowest BCUT2D eigenvalue weighted by atomic mass is 10.1. The van der Waals surface area contributed by atoms with Gasteiger partial charge in [-0.25, -0.2) is 4.98 Å². The first-order valence-electron chi connectivity index (χ1n) is 5.71. The average Bonchev–Trinajstić information content (AvgIpc) is 2.82. The Morgan fingerprint density at radius 3 is 2.95 bits per heavy atom. The molecule has 19 heavy (non-hydrogen) atoms. The lowest BCUT2D eigenvalue weighted by Crippen LogP contribution is -1.93. The smallest absolute Gasteiger partial charge is 0.211 e. The number of imidazole rings is 1. The summed E-state index contributed by atoms with van der Waals surface area (Å²) in [6.07, 6.45) is 4.68. The summed E-state index contributed by atoms with van der Waals surface area (Å²) in [6.45, 7) is 0. The van der Waals surface area contributed by atoms with Crippen molar-refractivity contribution in [1.29, 1.82) is 0 Å². The van der Waals surface area contributed by atoms with Gasteiger partial charge in [0.2, 0.25) is 6.41 Å². The van der Waals surface area contributed by atoms with Gasteiger partial charge in [0.25, 0.3) is 0 Å². The molecule has 0 atom stereocenters. The van der Waals surface area contributed by atoms with E-state index < -0.39 is 0 Å². The number of pyridine rings is 1. The minimum absolute atomic E-state index is 0.672. The van der Waals surface area contributed by atoms with E-state index in [2.05, 4.69) is 32.9 Å². The number of anilines is 1. The van der Waals surface area contributed by atoms with Gasteiger partial charge in [0.05, 0.1) is 5.69 Å². The zero-order valence-electron chi connectivity index (χ0n) is 9.88. The van der Waals surface area contributed by atoms with Crippen LogP contribution in [0.2, 0.25) is 0 Å². The summed E-state index contributed by atoms with van der Waals surface area (Å²) in [5.74, 6) is 0. The summed E-state index contributed by atoms with van der Waals surface area (Å²) in [6, 6.07) is 11.6. The average molecular weight is 363 g/mol. The Labute approximate surface area is 123 Å². The van der Waals surface area contributed by atoms with Gasteiger partial charge in [-0.3, -0.25) is 4.79 Å². The predicted octanol–water partition coefficient (Wildman–Crippen LogP) is 3.17. The Morgan fingerprint density at radius 1 is 1.21 bits per heavy atom. The van der Waals surface area contributed by atoms with Crippen LogP contribution in [0, 0.1) is 3.57 Å². The SMILES string of the molecule is O=CNc1cccc(-c2cn3cc(I)ccc3n2)c1. The van der Waals surface area contributed by atoms with Crippen LogP contribution in [0.15, 0.2) is 48.8 Å². The molecule has 4 nitrogen and oxygen atoms in total. The fraction of sp³-hybridized carbons (Fsp3) is 0. The molecule has 3 rings (SSSR count). The standard InChI is InChI=1S/C14H10IN3O/c15-11-4-5-14-17-13(8-18(14)7-11)10-2-1-3-12(6-10)16-9-19/h1-9H,(H,16,19). The summed E-state index contributed by atoms with van der Waals surface area (Å²) in [5, 5.41) is 2.64. The number of benzene rings is 1. The third-order valence-corrected chi connectivity index (χ3v) is 3.44. The summed E-state index contributed by atoms with van der Waals surface area (Å²) in [7, 11) is 0. The molecule has 0 spiro atoms. The normalized spacial score (nSPS) is 10.6. The van der Waals surface area contributed by atoms with Crippen molar-refractivity contribution in [3.05, 3.63) is 52.4 Å². The molecule has 1 N–H and O–H groups in total. The van der Waals surface area contributed by atoms with Crippen molar-refractivity contribution in [3.63, 3.8) is 0 Å². The molecule has 0 fully saturated rings. The van der Waals surface area contributed by atoms with Gasteiger partial charge >= 0.3 is 0 Å². The van der Waals surface area contributed by atoms with Gasteiger partial charge in [0, 0.05) is 27.2 Å². The van der Waals surface area contributed by atoms with E-state index in [1.54, 1.807) is 0 Å². The fourth-order valence-corrected chi connectivity index (χ4v) is 2.42. The highest BCUT2D eigenvalue weighted by atomic mass is 127. The zero-order chi connectivity index (χ0) is 13.2. The number of nitrogens with one attached hydrogen (secondary N) is 1. The molecule has 0 saturated heterocycles. The molecular formula is C14H10IN3O. The molecule has 3 aromatic rings. The van der Waals surface area contributed by atoms with Crippen LogP contribution >= 0.6 is 22.6 Å². The van der Waals surface area contributed by atoms with Crippen LogP contribution in [0.4, 0.5) is 5.69 Å². The molecule has 0 aliphatic carbocycles. The second-order valence-electron chi connectivity index (χ2n) is 4.08. The van der Waals surface area contributed by atoms with Crippen molar-refractivity contribution in [2.24, 2.45) is 0 Å². The molecule has 5 heteroatoms. The van der Waals surface area contributed by atoms with E-state index in [1.165, 1.54) is 0 Å². The first-order chi connectivity index (χ1) is 9.26. The quantitative estimate of drug-likeness (QED) is 0.574. The Hall–Kier alpha value is -1.89. The van der Waals surface area contributed by atoms with E-state index in [-0.39, 0.29) is 0 Å². The summed E-state index contributed by atoms with van der Waals surface area (Å²) in [5.41, 5.74) is 3.53. The Morgan fingerprint density at radius 2 is 2.11 bits per heavy atom. The third kappa shape index (κ3) is 2.46. The number of nitrogens with zero attached hydrogens (tertiary/aromatic N) is 2. The van der Waals surface area contributed by atoms with E-state index in [0.717, 1.165) is 26.2 Å². The number of carbonyl (C=O) groups is 1. The van der Waals surface area contributed by atoms with Gasteiger partial charge in [-0.1, -0.05) is 12.1 Å². The van der Waals surface area contributed by atoms with E-state index in [9.17, 15) is 4.79 Å². The Balaban J connectivity index is 2.08. The van der Waals surface area contributed by atoms with Gasteiger partial charge in [0.1, 0.15) is 5.65 Å². The molecule has 0 bridgehead atoms.